The van der Waals surface area contributed by atoms with Crippen LogP contribution in [0, 0.1) is 20.8 Å². The van der Waals surface area contributed by atoms with Gasteiger partial charge in [-0.2, -0.15) is 0 Å². The maximum Gasteiger partial charge on any atom is 0.333 e. The van der Waals surface area contributed by atoms with E-state index in [1.165, 1.54) is 117 Å². The molecule has 0 fully saturated rings. The fraction of sp³-hybridized carbons (Fsp3) is 0.143. The van der Waals surface area contributed by atoms with Gasteiger partial charge in [-0.1, -0.05) is 222 Å². The molecule has 0 spiro atoms. The number of hydrogen-bond acceptors (Lipinski definition) is 4. The molecule has 4 heterocycles. The minimum absolute atomic E-state index is 0.0277. The fourth-order valence-corrected chi connectivity index (χ4v) is 16.3. The van der Waals surface area contributed by atoms with E-state index in [2.05, 4.69) is 324 Å². The molecule has 5 heteroatoms. The summed E-state index contributed by atoms with van der Waals surface area (Å²) in [4.78, 5) is 8.03. The Morgan fingerprint density at radius 1 is 0.404 bits per heavy atom. The molecule has 12 aromatic carbocycles. The van der Waals surface area contributed by atoms with Crippen molar-refractivity contribution in [2.75, 3.05) is 14.6 Å². The van der Waals surface area contributed by atoms with Gasteiger partial charge in [0.2, 0.25) is 0 Å². The molecular weight excluding hydrogens is 1080 g/mol. The third kappa shape index (κ3) is 7.80. The van der Waals surface area contributed by atoms with Gasteiger partial charge in [0, 0.05) is 50.8 Å². The van der Waals surface area contributed by atoms with E-state index < -0.39 is 5.41 Å². The third-order valence-electron chi connectivity index (χ3n) is 20.7. The van der Waals surface area contributed by atoms with E-state index >= 15 is 0 Å². The highest BCUT2D eigenvalue weighted by atomic mass is 16.3. The van der Waals surface area contributed by atoms with Crippen molar-refractivity contribution < 1.29 is 4.42 Å². The SMILES string of the molecule is Cc1cc2c(cc1N1B3c4cccc5c4N(c4ccccc4C5(c4ccccc4)c4ccccc4)c4cc(N(c5ccc(-c6ccccc6)cc5C)c5ccc(-c6ccccc6)cc5C)cc(c43)-c3ccc4oc5ccccc5c4c31)C(C)(C)CCC2(C)C. The lowest BCUT2D eigenvalue weighted by Gasteiger charge is -2.52. The lowest BCUT2D eigenvalue weighted by atomic mass is 9.42. The van der Waals surface area contributed by atoms with Crippen LogP contribution in [0.5, 0.6) is 0 Å². The van der Waals surface area contributed by atoms with Crippen LogP contribution < -0.4 is 25.5 Å². The average molecular weight is 1150 g/mol. The molecule has 4 nitrogen and oxygen atoms in total. The molecule has 0 atom stereocenters. The van der Waals surface area contributed by atoms with Crippen LogP contribution in [0.2, 0.25) is 0 Å². The molecule has 89 heavy (non-hydrogen) atoms. The molecule has 1 aromatic heterocycles. The Morgan fingerprint density at radius 3 is 1.60 bits per heavy atom. The summed E-state index contributed by atoms with van der Waals surface area (Å²) < 4.78 is 7.02. The smallest absolute Gasteiger partial charge is 0.333 e. The number of fused-ring (bicyclic) bond motifs is 11. The Kier molecular flexibility index (Phi) is 11.8. The number of hydrogen-bond donors (Lipinski definition) is 0. The molecule has 3 aliphatic heterocycles. The second kappa shape index (κ2) is 19.7. The van der Waals surface area contributed by atoms with Crippen molar-refractivity contribution >= 4 is 85.2 Å². The quantitative estimate of drug-likeness (QED) is 0.141. The van der Waals surface area contributed by atoms with Gasteiger partial charge in [-0.3, -0.25) is 0 Å². The van der Waals surface area contributed by atoms with Gasteiger partial charge in [0.1, 0.15) is 11.2 Å². The molecular formula is C84H68BN3O. The molecule has 0 N–H and O–H groups in total. The largest absolute Gasteiger partial charge is 0.456 e. The minimum atomic E-state index is -0.692. The molecule has 0 bridgehead atoms. The molecule has 428 valence electrons. The summed E-state index contributed by atoms with van der Waals surface area (Å²) in [5.41, 5.74) is 31.5. The highest BCUT2D eigenvalue weighted by Crippen LogP contribution is 2.61. The predicted octanol–water partition coefficient (Wildman–Crippen LogP) is 21.1. The monoisotopic (exact) mass is 1150 g/mol. The maximum atomic E-state index is 7.02. The summed E-state index contributed by atoms with van der Waals surface area (Å²) in [6.07, 6.45) is 2.26. The summed E-state index contributed by atoms with van der Waals surface area (Å²) in [6, 6.07) is 98.4. The Labute approximate surface area is 523 Å². The van der Waals surface area contributed by atoms with E-state index in [-0.39, 0.29) is 17.7 Å². The first-order valence-corrected chi connectivity index (χ1v) is 31.7. The third-order valence-corrected chi connectivity index (χ3v) is 20.7. The molecule has 17 rings (SSSR count). The summed E-state index contributed by atoms with van der Waals surface area (Å²) in [6.45, 7) is 16.5. The number of anilines is 8. The normalized spacial score (nSPS) is 15.2. The minimum Gasteiger partial charge on any atom is -0.456 e. The van der Waals surface area contributed by atoms with Crippen molar-refractivity contribution in [3.63, 3.8) is 0 Å². The van der Waals surface area contributed by atoms with Crippen LogP contribution >= 0.6 is 0 Å². The number of nitrogens with zero attached hydrogens (tertiary/aromatic N) is 3. The van der Waals surface area contributed by atoms with E-state index in [0.29, 0.717) is 0 Å². The number of rotatable bonds is 8. The number of benzene rings is 12. The van der Waals surface area contributed by atoms with Crippen molar-refractivity contribution in [1.29, 1.82) is 0 Å². The second-order valence-corrected chi connectivity index (χ2v) is 26.7. The number of para-hydroxylation sites is 3. The molecule has 1 aliphatic carbocycles. The van der Waals surface area contributed by atoms with Crippen LogP contribution in [0.3, 0.4) is 0 Å². The lowest BCUT2D eigenvalue weighted by Crippen LogP contribution is -2.63. The van der Waals surface area contributed by atoms with E-state index in [0.717, 1.165) is 57.5 Å². The van der Waals surface area contributed by atoms with Crippen LogP contribution in [0.4, 0.5) is 45.5 Å². The van der Waals surface area contributed by atoms with Gasteiger partial charge in [0.25, 0.3) is 0 Å². The zero-order valence-corrected chi connectivity index (χ0v) is 51.6. The van der Waals surface area contributed by atoms with Crippen LogP contribution in [0.1, 0.15) is 90.6 Å². The van der Waals surface area contributed by atoms with Gasteiger partial charge in [-0.05, 0) is 200 Å². The van der Waals surface area contributed by atoms with Gasteiger partial charge in [-0.25, -0.2) is 0 Å². The maximum absolute atomic E-state index is 7.02. The Bertz CT molecular complexity index is 4900. The fourth-order valence-electron chi connectivity index (χ4n) is 16.3. The molecule has 4 aliphatic rings. The number of aryl methyl sites for hydroxylation is 3. The van der Waals surface area contributed by atoms with Crippen LogP contribution in [-0.2, 0) is 16.2 Å². The summed E-state index contributed by atoms with van der Waals surface area (Å²) in [5, 5.41) is 2.24. The van der Waals surface area contributed by atoms with Crippen molar-refractivity contribution in [3.05, 3.63) is 311 Å². The zero-order chi connectivity index (χ0) is 60.1. The van der Waals surface area contributed by atoms with Crippen LogP contribution in [0.25, 0.3) is 55.3 Å². The Morgan fingerprint density at radius 2 is 0.966 bits per heavy atom. The van der Waals surface area contributed by atoms with Crippen LogP contribution in [-0.4, -0.2) is 6.85 Å². The number of furan rings is 1. The van der Waals surface area contributed by atoms with Crippen molar-refractivity contribution in [2.24, 2.45) is 0 Å². The van der Waals surface area contributed by atoms with E-state index in [1.54, 1.807) is 0 Å². The first-order valence-electron chi connectivity index (χ1n) is 31.7. The predicted molar refractivity (Wildman–Crippen MR) is 374 cm³/mol. The van der Waals surface area contributed by atoms with Crippen molar-refractivity contribution in [3.8, 4) is 33.4 Å². The van der Waals surface area contributed by atoms with Crippen LogP contribution in [0.15, 0.2) is 265 Å². The van der Waals surface area contributed by atoms with E-state index in [1.807, 2.05) is 0 Å². The van der Waals surface area contributed by atoms with Crippen molar-refractivity contribution in [2.45, 2.75) is 77.6 Å². The second-order valence-electron chi connectivity index (χ2n) is 26.7. The van der Waals surface area contributed by atoms with Gasteiger partial charge in [0.15, 0.2) is 0 Å². The van der Waals surface area contributed by atoms with Crippen molar-refractivity contribution in [1.82, 2.24) is 0 Å². The molecule has 0 radical (unpaired) electrons. The first-order chi connectivity index (χ1) is 43.4. The standard InChI is InChI=1S/C84H68BN3O/c1-53-47-58(56-25-12-8-13-26-56)39-42-71(53)86(72-43-40-59(48-54(72)2)57-27-14-9-15-28-57)62-50-65-63-41-44-77-78(64-33-20-23-38-76(64)89-77)80(63)88(74-52-69-68(49-55(74)3)82(4,5)45-46-83(69,6)7)85-70-36-24-35-67-81(70)87(75(51-62)79(65)85)73-37-22-21-34-66(73)84(67,60-29-16-10-17-30-60)61-31-18-11-19-32-61/h8-44,47-52H,45-46H2,1-7H3. The Balaban J connectivity index is 1.03. The molecule has 0 unspecified atom stereocenters. The lowest BCUT2D eigenvalue weighted by molar-refractivity contribution is 0.332. The molecule has 13 aromatic rings. The first kappa shape index (κ1) is 53.2. The van der Waals surface area contributed by atoms with E-state index in [4.69, 9.17) is 4.42 Å². The zero-order valence-electron chi connectivity index (χ0n) is 51.6. The average Bonchev–Trinajstić information content (AvgIpc) is 1.81. The van der Waals surface area contributed by atoms with Gasteiger partial charge < -0.3 is 19.0 Å². The Hall–Kier alpha value is -10.1. The topological polar surface area (TPSA) is 22.9 Å². The summed E-state index contributed by atoms with van der Waals surface area (Å²) >= 11 is 0. The van der Waals surface area contributed by atoms with Gasteiger partial charge in [-0.15, -0.1) is 0 Å². The molecule has 0 saturated carbocycles. The van der Waals surface area contributed by atoms with Gasteiger partial charge >= 0.3 is 6.85 Å². The van der Waals surface area contributed by atoms with E-state index in [9.17, 15) is 0 Å². The highest BCUT2D eigenvalue weighted by molar-refractivity contribution is 6.94. The highest BCUT2D eigenvalue weighted by Gasteiger charge is 2.54. The van der Waals surface area contributed by atoms with Gasteiger partial charge in [0.05, 0.1) is 16.5 Å². The summed E-state index contributed by atoms with van der Waals surface area (Å²) in [7, 11) is 0. The molecule has 0 amide bonds. The molecule has 0 saturated heterocycles. The summed E-state index contributed by atoms with van der Waals surface area (Å²) in [5.74, 6) is 0.